The molecule has 0 spiro atoms. The van der Waals surface area contributed by atoms with Gasteiger partial charge in [0.15, 0.2) is 0 Å². The van der Waals surface area contributed by atoms with E-state index in [0.717, 1.165) is 48.3 Å². The van der Waals surface area contributed by atoms with Gasteiger partial charge in [-0.1, -0.05) is 24.1 Å². The number of hydrogen-bond donors (Lipinski definition) is 0. The summed E-state index contributed by atoms with van der Waals surface area (Å²) in [6, 6.07) is 4.58. The van der Waals surface area contributed by atoms with Crippen LogP contribution in [0.1, 0.15) is 62.1 Å². The van der Waals surface area contributed by atoms with Crippen LogP contribution in [0.5, 0.6) is 0 Å². The van der Waals surface area contributed by atoms with E-state index in [0.29, 0.717) is 12.5 Å². The van der Waals surface area contributed by atoms with E-state index in [1.165, 1.54) is 12.0 Å². The first-order valence-electron chi connectivity index (χ1n) is 8.66. The first-order chi connectivity index (χ1) is 10.9. The third kappa shape index (κ3) is 4.74. The molecule has 2 rings (SSSR count). The highest BCUT2D eigenvalue weighted by Crippen LogP contribution is 2.29. The molecule has 23 heavy (non-hydrogen) atoms. The number of aryl methyl sites for hydroxylation is 3. The van der Waals surface area contributed by atoms with Crippen molar-refractivity contribution in [3.05, 3.63) is 28.8 Å². The van der Waals surface area contributed by atoms with Crippen LogP contribution in [0, 0.1) is 20.8 Å². The van der Waals surface area contributed by atoms with E-state index in [1.54, 1.807) is 6.92 Å². The molecule has 3 nitrogen and oxygen atoms in total. The second kappa shape index (κ2) is 8.20. The second-order valence-electron chi connectivity index (χ2n) is 6.86. The lowest BCUT2D eigenvalue weighted by Gasteiger charge is -2.35. The SMILES string of the molecule is CC(=O)CCCC1CCCCN1S(=O)c1c(C)cc(C)cc1C. The van der Waals surface area contributed by atoms with Crippen LogP contribution in [0.25, 0.3) is 0 Å². The summed E-state index contributed by atoms with van der Waals surface area (Å²) < 4.78 is 15.4. The molecule has 1 fully saturated rings. The Hall–Kier alpha value is -1.00. The maximum absolute atomic E-state index is 13.2. The Morgan fingerprint density at radius 2 is 1.87 bits per heavy atom. The summed E-state index contributed by atoms with van der Waals surface area (Å²) >= 11 is 0. The van der Waals surface area contributed by atoms with E-state index in [2.05, 4.69) is 37.2 Å². The average Bonchev–Trinajstić information content (AvgIpc) is 2.46. The number of Topliss-reactive ketones (excluding diaryl/α,β-unsaturated/α-hetero) is 1. The number of ketones is 1. The van der Waals surface area contributed by atoms with Crippen molar-refractivity contribution < 1.29 is 9.00 Å². The van der Waals surface area contributed by atoms with Gasteiger partial charge in [-0.05, 0) is 64.5 Å². The van der Waals surface area contributed by atoms with Crippen LogP contribution in [0.2, 0.25) is 0 Å². The maximum Gasteiger partial charge on any atom is 0.129 e. The minimum atomic E-state index is -1.10. The number of rotatable bonds is 6. The molecule has 1 aliphatic heterocycles. The van der Waals surface area contributed by atoms with Crippen LogP contribution in [-0.2, 0) is 15.8 Å². The van der Waals surface area contributed by atoms with E-state index >= 15 is 0 Å². The summed E-state index contributed by atoms with van der Waals surface area (Å²) in [7, 11) is -1.10. The average molecular weight is 336 g/mol. The van der Waals surface area contributed by atoms with Crippen LogP contribution in [0.15, 0.2) is 17.0 Å². The van der Waals surface area contributed by atoms with Gasteiger partial charge >= 0.3 is 0 Å². The van der Waals surface area contributed by atoms with Gasteiger partial charge in [-0.15, -0.1) is 0 Å². The fourth-order valence-corrected chi connectivity index (χ4v) is 5.31. The Morgan fingerprint density at radius 3 is 2.48 bits per heavy atom. The topological polar surface area (TPSA) is 37.4 Å². The van der Waals surface area contributed by atoms with Crippen LogP contribution >= 0.6 is 0 Å². The zero-order valence-corrected chi connectivity index (χ0v) is 15.7. The smallest absolute Gasteiger partial charge is 0.129 e. The van der Waals surface area contributed by atoms with Gasteiger partial charge in [-0.2, -0.15) is 0 Å². The van der Waals surface area contributed by atoms with Gasteiger partial charge in [0.05, 0.1) is 4.90 Å². The van der Waals surface area contributed by atoms with Gasteiger partial charge < -0.3 is 4.79 Å². The highest BCUT2D eigenvalue weighted by atomic mass is 32.2. The maximum atomic E-state index is 13.2. The third-order valence-corrected chi connectivity index (χ3v) is 6.53. The zero-order valence-electron chi connectivity index (χ0n) is 14.9. The number of piperidine rings is 1. The quantitative estimate of drug-likeness (QED) is 0.779. The van der Waals surface area contributed by atoms with Crippen LogP contribution < -0.4 is 0 Å². The number of nitrogens with zero attached hydrogens (tertiary/aromatic N) is 1. The molecule has 0 radical (unpaired) electrons. The van der Waals surface area contributed by atoms with Crippen molar-refractivity contribution in [3.63, 3.8) is 0 Å². The summed E-state index contributed by atoms with van der Waals surface area (Å²) in [5.74, 6) is 0.249. The summed E-state index contributed by atoms with van der Waals surface area (Å²) in [6.07, 6.45) is 5.91. The molecule has 0 amide bonds. The molecule has 2 atom stereocenters. The van der Waals surface area contributed by atoms with Gasteiger partial charge in [0, 0.05) is 19.0 Å². The normalized spacial score (nSPS) is 20.4. The number of hydrogen-bond acceptors (Lipinski definition) is 2. The number of carbonyl (C=O) groups is 1. The van der Waals surface area contributed by atoms with Gasteiger partial charge in [-0.25, -0.2) is 8.51 Å². The lowest BCUT2D eigenvalue weighted by molar-refractivity contribution is -0.117. The number of benzene rings is 1. The van der Waals surface area contributed by atoms with Crippen molar-refractivity contribution in [2.24, 2.45) is 0 Å². The predicted molar refractivity (Wildman–Crippen MR) is 95.9 cm³/mol. The standard InChI is InChI=1S/C19H29NO2S/c1-14-12-15(2)19(16(3)13-14)23(22)20-11-6-5-9-18(20)10-7-8-17(4)21/h12-13,18H,5-11H2,1-4H3. The van der Waals surface area contributed by atoms with Gasteiger partial charge in [0.1, 0.15) is 16.8 Å². The van der Waals surface area contributed by atoms with E-state index in [1.807, 2.05) is 0 Å². The van der Waals surface area contributed by atoms with E-state index in [4.69, 9.17) is 0 Å². The minimum absolute atomic E-state index is 0.249. The highest BCUT2D eigenvalue weighted by molar-refractivity contribution is 7.82. The molecule has 1 aromatic rings. The Bertz CT molecular complexity index is 574. The van der Waals surface area contributed by atoms with Crippen molar-refractivity contribution in [2.45, 2.75) is 77.2 Å². The minimum Gasteiger partial charge on any atom is -0.300 e. The van der Waals surface area contributed by atoms with Crippen LogP contribution in [-0.4, -0.2) is 26.9 Å². The first kappa shape index (κ1) is 18.3. The summed E-state index contributed by atoms with van der Waals surface area (Å²) in [6.45, 7) is 8.74. The Balaban J connectivity index is 2.16. The Kier molecular flexibility index (Phi) is 6.54. The highest BCUT2D eigenvalue weighted by Gasteiger charge is 2.29. The summed E-state index contributed by atoms with van der Waals surface area (Å²) in [4.78, 5) is 12.2. The molecule has 1 heterocycles. The second-order valence-corrected chi connectivity index (χ2v) is 8.24. The fourth-order valence-electron chi connectivity index (χ4n) is 3.63. The van der Waals surface area contributed by atoms with Gasteiger partial charge in [0.25, 0.3) is 0 Å². The molecule has 2 unspecified atom stereocenters. The molecule has 0 saturated carbocycles. The third-order valence-electron chi connectivity index (χ3n) is 4.63. The molecule has 128 valence electrons. The van der Waals surface area contributed by atoms with Crippen molar-refractivity contribution in [1.29, 1.82) is 0 Å². The van der Waals surface area contributed by atoms with Gasteiger partial charge in [-0.3, -0.25) is 0 Å². The molecule has 1 aliphatic rings. The largest absolute Gasteiger partial charge is 0.300 e. The van der Waals surface area contributed by atoms with E-state index in [9.17, 15) is 9.00 Å². The van der Waals surface area contributed by atoms with Crippen LogP contribution in [0.4, 0.5) is 0 Å². The zero-order chi connectivity index (χ0) is 17.0. The monoisotopic (exact) mass is 335 g/mol. The molecule has 0 N–H and O–H groups in total. The van der Waals surface area contributed by atoms with E-state index in [-0.39, 0.29) is 5.78 Å². The van der Waals surface area contributed by atoms with Gasteiger partial charge in [0.2, 0.25) is 0 Å². The van der Waals surface area contributed by atoms with Crippen molar-refractivity contribution in [3.8, 4) is 0 Å². The van der Waals surface area contributed by atoms with Crippen molar-refractivity contribution >= 4 is 16.8 Å². The van der Waals surface area contributed by atoms with E-state index < -0.39 is 11.0 Å². The predicted octanol–water partition coefficient (Wildman–Crippen LogP) is 4.25. The molecule has 0 aromatic heterocycles. The van der Waals surface area contributed by atoms with Crippen LogP contribution in [0.3, 0.4) is 0 Å². The molecule has 4 heteroatoms. The molecule has 0 aliphatic carbocycles. The Labute approximate surface area is 143 Å². The fraction of sp³-hybridized carbons (Fsp3) is 0.632. The van der Waals surface area contributed by atoms with Crippen molar-refractivity contribution in [1.82, 2.24) is 4.31 Å². The van der Waals surface area contributed by atoms with Crippen molar-refractivity contribution in [2.75, 3.05) is 6.54 Å². The lowest BCUT2D eigenvalue weighted by Crippen LogP contribution is -2.41. The summed E-state index contributed by atoms with van der Waals surface area (Å²) in [5.41, 5.74) is 3.46. The molecular weight excluding hydrogens is 306 g/mol. The molecule has 1 aromatic carbocycles. The number of carbonyl (C=O) groups excluding carboxylic acids is 1. The molecule has 0 bridgehead atoms. The first-order valence-corrected chi connectivity index (χ1v) is 9.76. The molecular formula is C19H29NO2S. The lowest BCUT2D eigenvalue weighted by atomic mass is 9.99. The Morgan fingerprint density at radius 1 is 1.22 bits per heavy atom. The molecule has 1 saturated heterocycles. The summed E-state index contributed by atoms with van der Waals surface area (Å²) in [5, 5.41) is 0.